The molecule has 6 atom stereocenters. The maximum absolute atomic E-state index is 13.1. The Balaban J connectivity index is 5.16. The number of aliphatic hydroxyl groups is 1. The zero-order valence-corrected chi connectivity index (χ0v) is 71.2. The smallest absolute Gasteiger partial charge is 0.462 e. The van der Waals surface area contributed by atoms with E-state index in [1.807, 2.05) is 0 Å². The largest absolute Gasteiger partial charge is 0.472 e. The molecule has 3 N–H and O–H groups in total. The van der Waals surface area contributed by atoms with Gasteiger partial charge in [-0.05, 0) is 49.4 Å². The molecule has 0 saturated heterocycles. The van der Waals surface area contributed by atoms with Crippen LogP contribution in [0.25, 0.3) is 0 Å². The van der Waals surface area contributed by atoms with Gasteiger partial charge < -0.3 is 33.8 Å². The van der Waals surface area contributed by atoms with Crippen molar-refractivity contribution in [2.75, 3.05) is 39.6 Å². The Kier molecular flexibility index (Phi) is 73.4. The van der Waals surface area contributed by atoms with Crippen molar-refractivity contribution in [3.8, 4) is 0 Å². The molecular formula is C86H168O17P2. The SMILES string of the molecule is CCC(C)CCCCCCCCCCCCCCCCCCCCC(=O)O[C@H](COC(=O)CCCCCCCCC(C)C)COP(=O)(O)OC[C@H](O)COP(=O)(O)OC[C@@H](COC(=O)CCCCCCCCCCCCC(C)C)OC(=O)CCCCCCCCCCCCCCCCCCCCC(C)C. The molecule has 0 amide bonds. The Morgan fingerprint density at radius 1 is 0.267 bits per heavy atom. The van der Waals surface area contributed by atoms with Crippen LogP contribution >= 0.6 is 15.6 Å². The van der Waals surface area contributed by atoms with Crippen LogP contribution in [0, 0.1) is 23.7 Å². The van der Waals surface area contributed by atoms with Crippen LogP contribution in [0.4, 0.5) is 0 Å². The highest BCUT2D eigenvalue weighted by molar-refractivity contribution is 7.47. The summed E-state index contributed by atoms with van der Waals surface area (Å²) >= 11 is 0. The van der Waals surface area contributed by atoms with Crippen LogP contribution < -0.4 is 0 Å². The Bertz CT molecular complexity index is 2040. The molecule has 0 fully saturated rings. The van der Waals surface area contributed by atoms with Gasteiger partial charge in [0.05, 0.1) is 26.4 Å². The number of aliphatic hydroxyl groups excluding tert-OH is 1. The molecule has 0 spiro atoms. The van der Waals surface area contributed by atoms with Crippen LogP contribution in [0.15, 0.2) is 0 Å². The summed E-state index contributed by atoms with van der Waals surface area (Å²) in [7, 11) is -9.93. The molecule has 0 aromatic rings. The first-order chi connectivity index (χ1) is 50.6. The van der Waals surface area contributed by atoms with Crippen LogP contribution in [0.5, 0.6) is 0 Å². The van der Waals surface area contributed by atoms with Gasteiger partial charge >= 0.3 is 39.5 Å². The normalized spacial score (nSPS) is 14.2. The van der Waals surface area contributed by atoms with Gasteiger partial charge in [0.15, 0.2) is 12.2 Å². The van der Waals surface area contributed by atoms with E-state index in [9.17, 15) is 43.2 Å². The zero-order chi connectivity index (χ0) is 77.4. The Morgan fingerprint density at radius 2 is 0.457 bits per heavy atom. The van der Waals surface area contributed by atoms with Crippen molar-refractivity contribution < 1.29 is 80.2 Å². The average Bonchev–Trinajstić information content (AvgIpc) is 0.919. The van der Waals surface area contributed by atoms with Gasteiger partial charge in [0.1, 0.15) is 19.3 Å². The van der Waals surface area contributed by atoms with Crippen molar-refractivity contribution in [2.24, 2.45) is 23.7 Å². The fourth-order valence-electron chi connectivity index (χ4n) is 13.3. The first-order valence-corrected chi connectivity index (χ1v) is 47.2. The van der Waals surface area contributed by atoms with Gasteiger partial charge in [-0.15, -0.1) is 0 Å². The van der Waals surface area contributed by atoms with Crippen molar-refractivity contribution in [1.29, 1.82) is 0 Å². The molecule has 0 aromatic heterocycles. The molecule has 0 aliphatic rings. The Hall–Kier alpha value is -1.94. The molecule has 19 heteroatoms. The lowest BCUT2D eigenvalue weighted by Gasteiger charge is -2.21. The number of carbonyl (C=O) groups excluding carboxylic acids is 4. The third kappa shape index (κ3) is 78.5. The fourth-order valence-corrected chi connectivity index (χ4v) is 14.9. The van der Waals surface area contributed by atoms with Crippen molar-refractivity contribution in [3.05, 3.63) is 0 Å². The van der Waals surface area contributed by atoms with Crippen molar-refractivity contribution in [2.45, 2.75) is 465 Å². The van der Waals surface area contributed by atoms with Gasteiger partial charge in [-0.3, -0.25) is 37.3 Å². The number of unbranched alkanes of at least 4 members (excludes halogenated alkanes) is 48. The number of hydrogen-bond donors (Lipinski definition) is 3. The van der Waals surface area contributed by atoms with Gasteiger partial charge in [-0.2, -0.15) is 0 Å². The van der Waals surface area contributed by atoms with E-state index < -0.39 is 97.5 Å². The van der Waals surface area contributed by atoms with Gasteiger partial charge in [-0.25, -0.2) is 9.13 Å². The van der Waals surface area contributed by atoms with Gasteiger partial charge in [0, 0.05) is 25.7 Å². The molecule has 0 rings (SSSR count). The first kappa shape index (κ1) is 103. The van der Waals surface area contributed by atoms with E-state index in [0.29, 0.717) is 31.6 Å². The highest BCUT2D eigenvalue weighted by Gasteiger charge is 2.31. The Morgan fingerprint density at radius 3 is 0.676 bits per heavy atom. The van der Waals surface area contributed by atoms with Crippen LogP contribution in [0.3, 0.4) is 0 Å². The third-order valence-corrected chi connectivity index (χ3v) is 22.3. The molecule has 0 bridgehead atoms. The second kappa shape index (κ2) is 74.8. The molecule has 0 aliphatic heterocycles. The molecule has 0 radical (unpaired) electrons. The minimum Gasteiger partial charge on any atom is -0.462 e. The number of ether oxygens (including phenoxy) is 4. The van der Waals surface area contributed by atoms with Crippen LogP contribution in [-0.4, -0.2) is 96.7 Å². The van der Waals surface area contributed by atoms with Crippen LogP contribution in [-0.2, 0) is 65.4 Å². The summed E-state index contributed by atoms with van der Waals surface area (Å²) in [5.41, 5.74) is 0. The van der Waals surface area contributed by atoms with E-state index in [1.165, 1.54) is 244 Å². The van der Waals surface area contributed by atoms with Crippen molar-refractivity contribution in [3.63, 3.8) is 0 Å². The molecule has 105 heavy (non-hydrogen) atoms. The maximum atomic E-state index is 13.1. The van der Waals surface area contributed by atoms with Crippen LogP contribution in [0.2, 0.25) is 0 Å². The summed E-state index contributed by atoms with van der Waals surface area (Å²) in [5, 5.41) is 10.7. The monoisotopic (exact) mass is 1540 g/mol. The summed E-state index contributed by atoms with van der Waals surface area (Å²) in [6, 6.07) is 0. The molecule has 0 aromatic carbocycles. The highest BCUT2D eigenvalue weighted by Crippen LogP contribution is 2.45. The molecule has 0 saturated carbocycles. The average molecular weight is 1540 g/mol. The number of phosphoric ester groups is 2. The lowest BCUT2D eigenvalue weighted by molar-refractivity contribution is -0.161. The zero-order valence-electron chi connectivity index (χ0n) is 69.4. The summed E-state index contributed by atoms with van der Waals surface area (Å²) in [5.74, 6) is 1.02. The summed E-state index contributed by atoms with van der Waals surface area (Å²) < 4.78 is 68.8. The number of esters is 4. The predicted molar refractivity (Wildman–Crippen MR) is 432 cm³/mol. The number of rotatable bonds is 83. The van der Waals surface area contributed by atoms with Crippen molar-refractivity contribution in [1.82, 2.24) is 0 Å². The topological polar surface area (TPSA) is 237 Å². The van der Waals surface area contributed by atoms with E-state index in [0.717, 1.165) is 114 Å². The standard InChI is InChI=1S/C86H168O17P2/c1-9-79(8)65-57-49-40-34-27-23-19-15-11-13-17-21-25-29-37-43-53-61-69-86(91)103-82(73-97-84(89)67-59-51-45-44-48-56-64-78(6)7)75-101-105(94,95)99-71-80(87)70-98-104(92,93)100-74-81(72-96-83(88)66-58-50-41-35-31-30-33-39-47-55-63-77(4)5)102-85(90)68-60-52-42-36-28-24-20-16-12-10-14-18-22-26-32-38-46-54-62-76(2)3/h76-82,87H,9-75H2,1-8H3,(H,92,93)(H,94,95)/t79?,80-,81-,82-/m1/s1. The van der Waals surface area contributed by atoms with E-state index in [-0.39, 0.29) is 25.7 Å². The second-order valence-corrected chi connectivity index (χ2v) is 35.5. The summed E-state index contributed by atoms with van der Waals surface area (Å²) in [6.07, 6.45) is 64.1. The van der Waals surface area contributed by atoms with Crippen molar-refractivity contribution >= 4 is 39.5 Å². The third-order valence-electron chi connectivity index (χ3n) is 20.4. The molecule has 0 heterocycles. The number of carbonyl (C=O) groups is 4. The molecular weight excluding hydrogens is 1370 g/mol. The molecule has 3 unspecified atom stereocenters. The van der Waals surface area contributed by atoms with E-state index in [4.69, 9.17) is 37.0 Å². The summed E-state index contributed by atoms with van der Waals surface area (Å²) in [4.78, 5) is 73.1. The number of hydrogen-bond acceptors (Lipinski definition) is 15. The fraction of sp³-hybridized carbons (Fsp3) is 0.953. The molecule has 17 nitrogen and oxygen atoms in total. The quantitative estimate of drug-likeness (QED) is 0.0222. The lowest BCUT2D eigenvalue weighted by atomic mass is 9.99. The maximum Gasteiger partial charge on any atom is 0.472 e. The second-order valence-electron chi connectivity index (χ2n) is 32.6. The van der Waals surface area contributed by atoms with E-state index in [2.05, 4.69) is 55.4 Å². The predicted octanol–water partition coefficient (Wildman–Crippen LogP) is 25.9. The molecule has 624 valence electrons. The van der Waals surface area contributed by atoms with E-state index >= 15 is 0 Å². The van der Waals surface area contributed by atoms with E-state index in [1.54, 1.807) is 0 Å². The minimum absolute atomic E-state index is 0.107. The molecule has 0 aliphatic carbocycles. The number of phosphoric acid groups is 2. The first-order valence-electron chi connectivity index (χ1n) is 44.2. The van der Waals surface area contributed by atoms with Crippen LogP contribution in [0.1, 0.15) is 447 Å². The highest BCUT2D eigenvalue weighted by atomic mass is 31.2. The van der Waals surface area contributed by atoms with Gasteiger partial charge in [-0.1, -0.05) is 396 Å². The summed E-state index contributed by atoms with van der Waals surface area (Å²) in [6.45, 7) is 14.3. The van der Waals surface area contributed by atoms with Gasteiger partial charge in [0.2, 0.25) is 0 Å². The van der Waals surface area contributed by atoms with Gasteiger partial charge in [0.25, 0.3) is 0 Å². The Labute approximate surface area is 645 Å². The minimum atomic E-state index is -4.96. The lowest BCUT2D eigenvalue weighted by Crippen LogP contribution is -2.30.